The van der Waals surface area contributed by atoms with Crippen LogP contribution in [0.4, 0.5) is 0 Å². The Balaban J connectivity index is 1.79. The molecule has 3 heteroatoms. The minimum atomic E-state index is 0.241. The van der Waals surface area contributed by atoms with Crippen molar-refractivity contribution in [1.29, 1.82) is 5.26 Å². The predicted molar refractivity (Wildman–Crippen MR) is 82.3 cm³/mol. The van der Waals surface area contributed by atoms with Crippen molar-refractivity contribution in [3.63, 3.8) is 0 Å². The average molecular weight is 284 g/mol. The molecule has 1 aromatic rings. The predicted octanol–water partition coefficient (Wildman–Crippen LogP) is 4.18. The van der Waals surface area contributed by atoms with Crippen molar-refractivity contribution in [3.8, 4) is 11.9 Å². The maximum atomic E-state index is 9.38. The lowest BCUT2D eigenvalue weighted by molar-refractivity contribution is 0.116. The first kappa shape index (κ1) is 14.4. The van der Waals surface area contributed by atoms with Gasteiger partial charge in [0.15, 0.2) is 0 Å². The molecule has 2 aliphatic rings. The van der Waals surface area contributed by atoms with E-state index < -0.39 is 0 Å². The lowest BCUT2D eigenvalue weighted by Gasteiger charge is -2.29. The molecule has 3 rings (SSSR count). The standard InChI is InChI=1S/C18H24N2O/c1-2-13-6-5-8-16(10-13)21-18-15(12-19)11-14-7-3-4-9-17(14)20-18/h11,13,16H,2-10H2,1H3. The van der Waals surface area contributed by atoms with Crippen LogP contribution in [0.3, 0.4) is 0 Å². The first-order valence-corrected chi connectivity index (χ1v) is 8.39. The van der Waals surface area contributed by atoms with Gasteiger partial charge in [0, 0.05) is 5.69 Å². The quantitative estimate of drug-likeness (QED) is 0.836. The van der Waals surface area contributed by atoms with E-state index in [9.17, 15) is 5.26 Å². The maximum absolute atomic E-state index is 9.38. The zero-order valence-corrected chi connectivity index (χ0v) is 12.9. The van der Waals surface area contributed by atoms with Crippen LogP contribution in [0.25, 0.3) is 0 Å². The van der Waals surface area contributed by atoms with Gasteiger partial charge in [-0.05, 0) is 62.5 Å². The van der Waals surface area contributed by atoms with Gasteiger partial charge in [-0.3, -0.25) is 0 Å². The number of fused-ring (bicyclic) bond motifs is 1. The van der Waals surface area contributed by atoms with Crippen LogP contribution in [0.5, 0.6) is 5.88 Å². The fourth-order valence-corrected chi connectivity index (χ4v) is 3.66. The second-order valence-corrected chi connectivity index (χ2v) is 6.45. The zero-order valence-electron chi connectivity index (χ0n) is 12.9. The summed E-state index contributed by atoms with van der Waals surface area (Å²) in [6.45, 7) is 2.25. The van der Waals surface area contributed by atoms with Crippen LogP contribution >= 0.6 is 0 Å². The zero-order chi connectivity index (χ0) is 14.7. The monoisotopic (exact) mass is 284 g/mol. The number of nitrogens with zero attached hydrogens (tertiary/aromatic N) is 2. The molecule has 1 saturated carbocycles. The summed E-state index contributed by atoms with van der Waals surface area (Å²) in [5.41, 5.74) is 3.02. The molecular formula is C18H24N2O. The second-order valence-electron chi connectivity index (χ2n) is 6.45. The van der Waals surface area contributed by atoms with E-state index in [1.54, 1.807) is 0 Å². The number of nitriles is 1. The molecule has 2 aliphatic carbocycles. The van der Waals surface area contributed by atoms with Gasteiger partial charge in [-0.15, -0.1) is 0 Å². The molecule has 0 spiro atoms. The van der Waals surface area contributed by atoms with E-state index in [4.69, 9.17) is 4.74 Å². The van der Waals surface area contributed by atoms with Crippen molar-refractivity contribution in [2.24, 2.45) is 5.92 Å². The molecule has 2 unspecified atom stereocenters. The molecule has 0 N–H and O–H groups in total. The van der Waals surface area contributed by atoms with Gasteiger partial charge in [-0.25, -0.2) is 4.98 Å². The van der Waals surface area contributed by atoms with Gasteiger partial charge in [-0.2, -0.15) is 5.26 Å². The molecule has 0 aliphatic heterocycles. The average Bonchev–Trinajstić information content (AvgIpc) is 2.54. The summed E-state index contributed by atoms with van der Waals surface area (Å²) in [5, 5.41) is 9.38. The Labute approximate surface area is 127 Å². The van der Waals surface area contributed by atoms with Gasteiger partial charge in [0.1, 0.15) is 17.7 Å². The minimum Gasteiger partial charge on any atom is -0.473 e. The number of pyridine rings is 1. The van der Waals surface area contributed by atoms with Crippen LogP contribution in [-0.4, -0.2) is 11.1 Å². The van der Waals surface area contributed by atoms with Crippen molar-refractivity contribution in [2.45, 2.75) is 70.8 Å². The van der Waals surface area contributed by atoms with Gasteiger partial charge in [0.05, 0.1) is 0 Å². The number of hydrogen-bond acceptors (Lipinski definition) is 3. The second kappa shape index (κ2) is 6.47. The lowest BCUT2D eigenvalue weighted by atomic mass is 9.85. The van der Waals surface area contributed by atoms with Crippen LogP contribution in [0, 0.1) is 17.2 Å². The summed E-state index contributed by atoms with van der Waals surface area (Å²) >= 11 is 0. The van der Waals surface area contributed by atoms with Crippen LogP contribution < -0.4 is 4.74 Å². The Hall–Kier alpha value is -1.56. The highest BCUT2D eigenvalue weighted by atomic mass is 16.5. The lowest BCUT2D eigenvalue weighted by Crippen LogP contribution is -2.26. The maximum Gasteiger partial charge on any atom is 0.232 e. The molecule has 112 valence electrons. The highest BCUT2D eigenvalue weighted by Gasteiger charge is 2.24. The van der Waals surface area contributed by atoms with E-state index in [-0.39, 0.29) is 6.10 Å². The van der Waals surface area contributed by atoms with Crippen molar-refractivity contribution in [3.05, 3.63) is 22.9 Å². The van der Waals surface area contributed by atoms with Crippen molar-refractivity contribution in [2.75, 3.05) is 0 Å². The fraction of sp³-hybridized carbons (Fsp3) is 0.667. The number of rotatable bonds is 3. The third kappa shape index (κ3) is 3.20. The van der Waals surface area contributed by atoms with E-state index in [0.717, 1.165) is 37.3 Å². The molecule has 0 radical (unpaired) electrons. The van der Waals surface area contributed by atoms with Gasteiger partial charge in [0.2, 0.25) is 5.88 Å². The van der Waals surface area contributed by atoms with Crippen LogP contribution in [0.1, 0.15) is 68.7 Å². The Morgan fingerprint density at radius 3 is 2.95 bits per heavy atom. The van der Waals surface area contributed by atoms with Crippen molar-refractivity contribution in [1.82, 2.24) is 4.98 Å². The topological polar surface area (TPSA) is 45.9 Å². The number of aromatic nitrogens is 1. The van der Waals surface area contributed by atoms with E-state index >= 15 is 0 Å². The summed E-state index contributed by atoms with van der Waals surface area (Å²) < 4.78 is 6.14. The summed E-state index contributed by atoms with van der Waals surface area (Å²) in [6, 6.07) is 4.28. The highest BCUT2D eigenvalue weighted by Crippen LogP contribution is 2.31. The molecule has 1 aromatic heterocycles. The van der Waals surface area contributed by atoms with E-state index in [1.807, 2.05) is 6.07 Å². The molecule has 21 heavy (non-hydrogen) atoms. The van der Waals surface area contributed by atoms with Crippen molar-refractivity contribution >= 4 is 0 Å². The van der Waals surface area contributed by atoms with Crippen molar-refractivity contribution < 1.29 is 4.74 Å². The third-order valence-corrected chi connectivity index (χ3v) is 4.98. The first-order valence-electron chi connectivity index (χ1n) is 8.39. The van der Waals surface area contributed by atoms with Gasteiger partial charge in [-0.1, -0.05) is 19.8 Å². The SMILES string of the molecule is CCC1CCCC(Oc2nc3c(cc2C#N)CCCC3)C1. The largest absolute Gasteiger partial charge is 0.473 e. The molecule has 0 saturated heterocycles. The van der Waals surface area contributed by atoms with E-state index in [1.165, 1.54) is 37.7 Å². The Bertz CT molecular complexity index is 547. The molecule has 3 nitrogen and oxygen atoms in total. The summed E-state index contributed by atoms with van der Waals surface area (Å²) in [6.07, 6.45) is 10.7. The van der Waals surface area contributed by atoms with Gasteiger partial charge < -0.3 is 4.74 Å². The van der Waals surface area contributed by atoms with E-state index in [2.05, 4.69) is 18.0 Å². The first-order chi connectivity index (χ1) is 10.3. The molecule has 0 bridgehead atoms. The highest BCUT2D eigenvalue weighted by molar-refractivity contribution is 5.43. The van der Waals surface area contributed by atoms with Crippen LogP contribution in [-0.2, 0) is 12.8 Å². The van der Waals surface area contributed by atoms with Crippen LogP contribution in [0.2, 0.25) is 0 Å². The van der Waals surface area contributed by atoms with Crippen LogP contribution in [0.15, 0.2) is 6.07 Å². The third-order valence-electron chi connectivity index (χ3n) is 4.98. The fourth-order valence-electron chi connectivity index (χ4n) is 3.66. The Morgan fingerprint density at radius 1 is 1.29 bits per heavy atom. The van der Waals surface area contributed by atoms with Gasteiger partial charge in [0.25, 0.3) is 0 Å². The molecule has 0 aromatic carbocycles. The molecule has 1 heterocycles. The number of hydrogen-bond donors (Lipinski definition) is 0. The molecular weight excluding hydrogens is 260 g/mol. The summed E-state index contributed by atoms with van der Waals surface area (Å²) in [5.74, 6) is 1.35. The minimum absolute atomic E-state index is 0.241. The molecule has 0 amide bonds. The Morgan fingerprint density at radius 2 is 2.14 bits per heavy atom. The molecule has 2 atom stereocenters. The summed E-state index contributed by atoms with van der Waals surface area (Å²) in [4.78, 5) is 4.68. The summed E-state index contributed by atoms with van der Waals surface area (Å²) in [7, 11) is 0. The smallest absolute Gasteiger partial charge is 0.232 e. The number of aryl methyl sites for hydroxylation is 2. The molecule has 1 fully saturated rings. The Kier molecular flexibility index (Phi) is 4.43. The van der Waals surface area contributed by atoms with E-state index in [0.29, 0.717) is 11.4 Å². The number of ether oxygens (including phenoxy) is 1. The van der Waals surface area contributed by atoms with Gasteiger partial charge >= 0.3 is 0 Å². The normalized spacial score (nSPS) is 25.0.